The van der Waals surface area contributed by atoms with Crippen molar-refractivity contribution in [2.24, 2.45) is 5.92 Å². The first-order valence-electron chi connectivity index (χ1n) is 5.85. The lowest BCUT2D eigenvalue weighted by Gasteiger charge is -2.16. The largest absolute Gasteiger partial charge is 0.348 e. The van der Waals surface area contributed by atoms with Crippen molar-refractivity contribution in [1.29, 1.82) is 0 Å². The normalized spacial score (nSPS) is 23.7. The number of nitrogens with one attached hydrogen (secondary N) is 2. The summed E-state index contributed by atoms with van der Waals surface area (Å²) in [6.07, 6.45) is 0. The molecule has 2 unspecified atom stereocenters. The van der Waals surface area contributed by atoms with E-state index in [1.54, 1.807) is 13.0 Å². The summed E-state index contributed by atoms with van der Waals surface area (Å²) in [5, 5.41) is 6.14. The molecule has 1 fully saturated rings. The zero-order chi connectivity index (χ0) is 12.4. The van der Waals surface area contributed by atoms with E-state index >= 15 is 0 Å². The molecule has 2 atom stereocenters. The van der Waals surface area contributed by atoms with Crippen LogP contribution in [0, 0.1) is 18.7 Å². The van der Waals surface area contributed by atoms with Crippen molar-refractivity contribution in [3.05, 3.63) is 35.1 Å². The summed E-state index contributed by atoms with van der Waals surface area (Å²) >= 11 is 0. The zero-order valence-corrected chi connectivity index (χ0v) is 10.1. The van der Waals surface area contributed by atoms with E-state index in [2.05, 4.69) is 17.6 Å². The molecule has 0 radical (unpaired) electrons. The lowest BCUT2D eigenvalue weighted by molar-refractivity contribution is 0.0932. The van der Waals surface area contributed by atoms with Crippen molar-refractivity contribution in [2.75, 3.05) is 13.1 Å². The van der Waals surface area contributed by atoms with Crippen molar-refractivity contribution in [3.8, 4) is 0 Å². The van der Waals surface area contributed by atoms with E-state index in [0.29, 0.717) is 11.5 Å². The minimum atomic E-state index is -0.368. The Labute approximate surface area is 100 Å². The lowest BCUT2D eigenvalue weighted by atomic mass is 10.1. The molecule has 1 aromatic rings. The van der Waals surface area contributed by atoms with E-state index in [1.165, 1.54) is 12.1 Å². The van der Waals surface area contributed by atoms with Crippen LogP contribution in [0.5, 0.6) is 0 Å². The Hall–Kier alpha value is -1.42. The highest BCUT2D eigenvalue weighted by atomic mass is 19.1. The fourth-order valence-corrected chi connectivity index (χ4v) is 2.12. The number of hydrogen-bond donors (Lipinski definition) is 2. The van der Waals surface area contributed by atoms with Crippen molar-refractivity contribution in [2.45, 2.75) is 19.9 Å². The van der Waals surface area contributed by atoms with Crippen LogP contribution in [0.25, 0.3) is 0 Å². The summed E-state index contributed by atoms with van der Waals surface area (Å²) in [4.78, 5) is 11.9. The number of carbonyl (C=O) groups is 1. The molecule has 2 N–H and O–H groups in total. The van der Waals surface area contributed by atoms with Gasteiger partial charge in [-0.3, -0.25) is 4.79 Å². The molecule has 2 rings (SSSR count). The Kier molecular flexibility index (Phi) is 3.43. The number of carbonyl (C=O) groups excluding carboxylic acids is 1. The second-order valence-corrected chi connectivity index (χ2v) is 4.73. The molecule has 1 aliphatic rings. The molecule has 1 saturated heterocycles. The van der Waals surface area contributed by atoms with Crippen LogP contribution in [0.4, 0.5) is 4.39 Å². The van der Waals surface area contributed by atoms with Gasteiger partial charge in [-0.15, -0.1) is 0 Å². The molecule has 92 valence electrons. The van der Waals surface area contributed by atoms with E-state index in [-0.39, 0.29) is 17.8 Å². The Morgan fingerprint density at radius 3 is 2.76 bits per heavy atom. The van der Waals surface area contributed by atoms with Gasteiger partial charge in [0.25, 0.3) is 5.91 Å². The lowest BCUT2D eigenvalue weighted by Crippen LogP contribution is -2.39. The van der Waals surface area contributed by atoms with Gasteiger partial charge in [-0.05, 0) is 43.1 Å². The second-order valence-electron chi connectivity index (χ2n) is 4.73. The summed E-state index contributed by atoms with van der Waals surface area (Å²) in [5.41, 5.74) is 1.15. The monoisotopic (exact) mass is 236 g/mol. The van der Waals surface area contributed by atoms with Gasteiger partial charge in [-0.1, -0.05) is 6.92 Å². The van der Waals surface area contributed by atoms with Gasteiger partial charge in [0, 0.05) is 18.2 Å². The SMILES string of the molecule is Cc1cc(F)cc(C(=O)NC2CNCC2C)c1. The number of hydrogen-bond acceptors (Lipinski definition) is 2. The van der Waals surface area contributed by atoms with Crippen LogP contribution >= 0.6 is 0 Å². The molecule has 3 nitrogen and oxygen atoms in total. The van der Waals surface area contributed by atoms with Gasteiger partial charge < -0.3 is 10.6 Å². The Balaban J connectivity index is 2.09. The number of rotatable bonds is 2. The molecule has 1 heterocycles. The molecule has 0 saturated carbocycles. The fourth-order valence-electron chi connectivity index (χ4n) is 2.12. The topological polar surface area (TPSA) is 41.1 Å². The first-order chi connectivity index (χ1) is 8.06. The smallest absolute Gasteiger partial charge is 0.251 e. The third kappa shape index (κ3) is 2.82. The third-order valence-corrected chi connectivity index (χ3v) is 3.14. The molecule has 0 bridgehead atoms. The highest BCUT2D eigenvalue weighted by Gasteiger charge is 2.24. The van der Waals surface area contributed by atoms with Crippen molar-refractivity contribution < 1.29 is 9.18 Å². The van der Waals surface area contributed by atoms with E-state index in [9.17, 15) is 9.18 Å². The highest BCUT2D eigenvalue weighted by molar-refractivity contribution is 5.94. The van der Waals surface area contributed by atoms with Crippen LogP contribution in [-0.2, 0) is 0 Å². The van der Waals surface area contributed by atoms with E-state index in [4.69, 9.17) is 0 Å². The standard InChI is InChI=1S/C13H17FN2O/c1-8-3-10(5-11(14)4-8)13(17)16-12-7-15-6-9(12)2/h3-5,9,12,15H,6-7H2,1-2H3,(H,16,17). The van der Waals surface area contributed by atoms with Crippen LogP contribution < -0.4 is 10.6 Å². The highest BCUT2D eigenvalue weighted by Crippen LogP contribution is 2.11. The van der Waals surface area contributed by atoms with Crippen LogP contribution in [0.3, 0.4) is 0 Å². The fraction of sp³-hybridized carbons (Fsp3) is 0.462. The number of halogens is 1. The van der Waals surface area contributed by atoms with Gasteiger partial charge in [0.05, 0.1) is 0 Å². The Morgan fingerprint density at radius 2 is 2.18 bits per heavy atom. The molecule has 17 heavy (non-hydrogen) atoms. The minimum Gasteiger partial charge on any atom is -0.348 e. The van der Waals surface area contributed by atoms with E-state index in [0.717, 1.165) is 18.7 Å². The molecule has 0 aliphatic carbocycles. The van der Waals surface area contributed by atoms with Crippen LogP contribution in [-0.4, -0.2) is 25.0 Å². The Bertz CT molecular complexity index is 413. The molecule has 1 aliphatic heterocycles. The molecule has 0 spiro atoms. The van der Waals surface area contributed by atoms with Gasteiger partial charge >= 0.3 is 0 Å². The van der Waals surface area contributed by atoms with E-state index < -0.39 is 0 Å². The first kappa shape index (κ1) is 12.0. The van der Waals surface area contributed by atoms with Crippen LogP contribution in [0.1, 0.15) is 22.8 Å². The molecular formula is C13H17FN2O. The van der Waals surface area contributed by atoms with Crippen molar-refractivity contribution in [3.63, 3.8) is 0 Å². The molecule has 1 aromatic carbocycles. The average molecular weight is 236 g/mol. The number of benzene rings is 1. The van der Waals surface area contributed by atoms with Crippen molar-refractivity contribution >= 4 is 5.91 Å². The predicted molar refractivity (Wildman–Crippen MR) is 64.4 cm³/mol. The van der Waals surface area contributed by atoms with Crippen LogP contribution in [0.2, 0.25) is 0 Å². The minimum absolute atomic E-state index is 0.131. The maximum Gasteiger partial charge on any atom is 0.251 e. The summed E-state index contributed by atoms with van der Waals surface area (Å²) < 4.78 is 13.2. The van der Waals surface area contributed by atoms with Gasteiger partial charge in [0.2, 0.25) is 0 Å². The summed E-state index contributed by atoms with van der Waals surface area (Å²) in [6.45, 7) is 5.55. The quantitative estimate of drug-likeness (QED) is 0.816. The summed E-state index contributed by atoms with van der Waals surface area (Å²) in [5.74, 6) is -0.158. The van der Waals surface area contributed by atoms with Gasteiger partial charge in [0.1, 0.15) is 5.82 Å². The molecule has 1 amide bonds. The summed E-state index contributed by atoms with van der Waals surface area (Å²) in [6, 6.07) is 4.52. The predicted octanol–water partition coefficient (Wildman–Crippen LogP) is 1.47. The van der Waals surface area contributed by atoms with Crippen LogP contribution in [0.15, 0.2) is 18.2 Å². The maximum absolute atomic E-state index is 13.2. The molecule has 4 heteroatoms. The first-order valence-corrected chi connectivity index (χ1v) is 5.85. The number of amides is 1. The van der Waals surface area contributed by atoms with Gasteiger partial charge in [-0.25, -0.2) is 4.39 Å². The van der Waals surface area contributed by atoms with Gasteiger partial charge in [-0.2, -0.15) is 0 Å². The number of aryl methyl sites for hydroxylation is 1. The molecule has 0 aromatic heterocycles. The van der Waals surface area contributed by atoms with E-state index in [1.807, 2.05) is 0 Å². The third-order valence-electron chi connectivity index (χ3n) is 3.14. The maximum atomic E-state index is 13.2. The second kappa shape index (κ2) is 4.84. The zero-order valence-electron chi connectivity index (χ0n) is 10.1. The van der Waals surface area contributed by atoms with Gasteiger partial charge in [0.15, 0.2) is 0 Å². The molecular weight excluding hydrogens is 219 g/mol. The average Bonchev–Trinajstić information content (AvgIpc) is 2.63. The Morgan fingerprint density at radius 1 is 1.41 bits per heavy atom. The summed E-state index contributed by atoms with van der Waals surface area (Å²) in [7, 11) is 0. The van der Waals surface area contributed by atoms with Crippen molar-refractivity contribution in [1.82, 2.24) is 10.6 Å².